The molecular weight excluding hydrogens is 490 g/mol. The molecule has 8 nitrogen and oxygen atoms in total. The fraction of sp³-hybridized carbons (Fsp3) is 0.179. The Morgan fingerprint density at radius 2 is 1.89 bits per heavy atom. The highest BCUT2D eigenvalue weighted by atomic mass is 35.5. The van der Waals surface area contributed by atoms with Crippen LogP contribution in [0.4, 0.5) is 11.6 Å². The molecule has 9 heteroatoms. The Hall–Kier alpha value is -4.30. The number of fused-ring (bicyclic) bond motifs is 1. The standard InChI is InChI=1S/C28H26ClN5O3/c1-17-5-4-6-22(13-17)33-27(35)25-18(2)32-28-30-16-31-34(28)26(25)20-9-12-23(24(14-20)36-3)37-15-19-7-10-21(29)11-8-19/h4-14,16,26H,15H2,1-3H3,(H,33,35)(H,30,31,32). The van der Waals surface area contributed by atoms with Gasteiger partial charge in [0.1, 0.15) is 19.0 Å². The fourth-order valence-corrected chi connectivity index (χ4v) is 4.46. The van der Waals surface area contributed by atoms with Crippen molar-refractivity contribution in [2.24, 2.45) is 0 Å². The number of hydrogen-bond donors (Lipinski definition) is 2. The van der Waals surface area contributed by atoms with Crippen LogP contribution in [0.15, 0.2) is 84.3 Å². The van der Waals surface area contributed by atoms with Crippen LogP contribution < -0.4 is 20.1 Å². The molecule has 5 rings (SSSR count). The number of hydrogen-bond acceptors (Lipinski definition) is 6. The summed E-state index contributed by atoms with van der Waals surface area (Å²) in [5, 5.41) is 11.3. The van der Waals surface area contributed by atoms with Crippen molar-refractivity contribution < 1.29 is 14.3 Å². The number of halogens is 1. The first-order valence-corrected chi connectivity index (χ1v) is 12.1. The first-order chi connectivity index (χ1) is 17.9. The quantitative estimate of drug-likeness (QED) is 0.325. The molecule has 1 aliphatic rings. The van der Waals surface area contributed by atoms with Gasteiger partial charge in [0.15, 0.2) is 11.5 Å². The monoisotopic (exact) mass is 515 g/mol. The average Bonchev–Trinajstić information content (AvgIpc) is 3.35. The van der Waals surface area contributed by atoms with Gasteiger partial charge in [0.05, 0.1) is 12.7 Å². The molecule has 0 radical (unpaired) electrons. The zero-order valence-corrected chi connectivity index (χ0v) is 21.4. The van der Waals surface area contributed by atoms with Gasteiger partial charge >= 0.3 is 0 Å². The Bertz CT molecular complexity index is 1480. The molecule has 1 atom stereocenters. The van der Waals surface area contributed by atoms with Crippen molar-refractivity contribution in [3.8, 4) is 11.5 Å². The molecule has 37 heavy (non-hydrogen) atoms. The minimum atomic E-state index is -0.525. The molecule has 3 aromatic carbocycles. The number of carbonyl (C=O) groups is 1. The highest BCUT2D eigenvalue weighted by Crippen LogP contribution is 2.39. The van der Waals surface area contributed by atoms with E-state index in [2.05, 4.69) is 20.7 Å². The second kappa shape index (κ2) is 10.4. The summed E-state index contributed by atoms with van der Waals surface area (Å²) in [5.41, 5.74) is 4.78. The number of nitrogens with one attached hydrogen (secondary N) is 2. The highest BCUT2D eigenvalue weighted by Gasteiger charge is 2.34. The number of nitrogens with zero attached hydrogens (tertiary/aromatic N) is 3. The van der Waals surface area contributed by atoms with Gasteiger partial charge < -0.3 is 20.1 Å². The van der Waals surface area contributed by atoms with Gasteiger partial charge in [-0.1, -0.05) is 41.9 Å². The second-order valence-corrected chi connectivity index (χ2v) is 9.18. The van der Waals surface area contributed by atoms with Crippen molar-refractivity contribution >= 4 is 29.1 Å². The van der Waals surface area contributed by atoms with E-state index in [1.165, 1.54) is 6.33 Å². The first kappa shape index (κ1) is 24.4. The van der Waals surface area contributed by atoms with Gasteiger partial charge in [0.2, 0.25) is 5.95 Å². The molecular formula is C28H26ClN5O3. The number of carbonyl (C=O) groups excluding carboxylic acids is 1. The van der Waals surface area contributed by atoms with Crippen molar-refractivity contribution in [1.29, 1.82) is 0 Å². The van der Waals surface area contributed by atoms with Crippen LogP contribution in [-0.4, -0.2) is 27.8 Å². The van der Waals surface area contributed by atoms with E-state index in [1.54, 1.807) is 11.8 Å². The Labute approximate surface area is 219 Å². The molecule has 1 aromatic heterocycles. The van der Waals surface area contributed by atoms with Gasteiger partial charge in [-0.25, -0.2) is 4.68 Å². The van der Waals surface area contributed by atoms with E-state index in [4.69, 9.17) is 21.1 Å². The number of ether oxygens (including phenoxy) is 2. The minimum absolute atomic E-state index is 0.233. The topological polar surface area (TPSA) is 90.3 Å². The zero-order valence-electron chi connectivity index (χ0n) is 20.7. The summed E-state index contributed by atoms with van der Waals surface area (Å²) in [4.78, 5) is 17.9. The van der Waals surface area contributed by atoms with E-state index in [0.717, 1.165) is 22.4 Å². The normalized spacial score (nSPS) is 14.5. The number of allylic oxidation sites excluding steroid dienone is 1. The SMILES string of the molecule is COc1cc(C2C(C(=O)Nc3cccc(C)c3)=C(C)Nc3ncnn32)ccc1OCc1ccc(Cl)cc1. The molecule has 0 saturated carbocycles. The van der Waals surface area contributed by atoms with Crippen LogP contribution >= 0.6 is 11.6 Å². The number of rotatable bonds is 7. The molecule has 0 fully saturated rings. The summed E-state index contributed by atoms with van der Waals surface area (Å²) in [6, 6.07) is 20.3. The minimum Gasteiger partial charge on any atom is -0.493 e. The van der Waals surface area contributed by atoms with Crippen LogP contribution in [0.3, 0.4) is 0 Å². The predicted octanol–water partition coefficient (Wildman–Crippen LogP) is 5.76. The van der Waals surface area contributed by atoms with Gasteiger partial charge in [-0.3, -0.25) is 4.79 Å². The molecule has 1 unspecified atom stereocenters. The number of methoxy groups -OCH3 is 1. The van der Waals surface area contributed by atoms with E-state index in [0.29, 0.717) is 40.3 Å². The number of anilines is 2. The lowest BCUT2D eigenvalue weighted by Crippen LogP contribution is -2.31. The van der Waals surface area contributed by atoms with E-state index < -0.39 is 6.04 Å². The number of amides is 1. The molecule has 4 aromatic rings. The van der Waals surface area contributed by atoms with Crippen LogP contribution in [0.1, 0.15) is 29.7 Å². The average molecular weight is 516 g/mol. The van der Waals surface area contributed by atoms with Gasteiger partial charge in [0, 0.05) is 16.4 Å². The van der Waals surface area contributed by atoms with Crippen molar-refractivity contribution in [2.45, 2.75) is 26.5 Å². The molecule has 1 amide bonds. The number of aromatic nitrogens is 3. The first-order valence-electron chi connectivity index (χ1n) is 11.7. The maximum absolute atomic E-state index is 13.6. The third-order valence-corrected chi connectivity index (χ3v) is 6.38. The van der Waals surface area contributed by atoms with Crippen LogP contribution in [0.2, 0.25) is 5.02 Å². The van der Waals surface area contributed by atoms with Crippen LogP contribution in [0.5, 0.6) is 11.5 Å². The lowest BCUT2D eigenvalue weighted by atomic mass is 9.94. The van der Waals surface area contributed by atoms with Crippen LogP contribution in [0.25, 0.3) is 0 Å². The molecule has 188 valence electrons. The molecule has 2 heterocycles. The maximum atomic E-state index is 13.6. The lowest BCUT2D eigenvalue weighted by Gasteiger charge is -2.29. The van der Waals surface area contributed by atoms with Crippen molar-refractivity contribution in [3.05, 3.63) is 106 Å². The summed E-state index contributed by atoms with van der Waals surface area (Å²) in [5.74, 6) is 1.45. The summed E-state index contributed by atoms with van der Waals surface area (Å²) < 4.78 is 13.4. The van der Waals surface area contributed by atoms with Gasteiger partial charge in [-0.15, -0.1) is 0 Å². The lowest BCUT2D eigenvalue weighted by molar-refractivity contribution is -0.113. The molecule has 0 spiro atoms. The Balaban J connectivity index is 1.47. The second-order valence-electron chi connectivity index (χ2n) is 8.74. The third kappa shape index (κ3) is 5.15. The Kier molecular flexibility index (Phi) is 6.83. The Morgan fingerprint density at radius 1 is 1.08 bits per heavy atom. The third-order valence-electron chi connectivity index (χ3n) is 6.13. The van der Waals surface area contributed by atoms with Gasteiger partial charge in [-0.2, -0.15) is 10.1 Å². The summed E-state index contributed by atoms with van der Waals surface area (Å²) >= 11 is 5.98. The predicted molar refractivity (Wildman–Crippen MR) is 143 cm³/mol. The van der Waals surface area contributed by atoms with E-state index >= 15 is 0 Å². The number of aryl methyl sites for hydroxylation is 1. The molecule has 0 aliphatic carbocycles. The smallest absolute Gasteiger partial charge is 0.255 e. The molecule has 2 N–H and O–H groups in total. The molecule has 1 aliphatic heterocycles. The fourth-order valence-electron chi connectivity index (χ4n) is 4.33. The largest absolute Gasteiger partial charge is 0.493 e. The van der Waals surface area contributed by atoms with Gasteiger partial charge in [0.25, 0.3) is 5.91 Å². The summed E-state index contributed by atoms with van der Waals surface area (Å²) in [7, 11) is 1.59. The van der Waals surface area contributed by atoms with Crippen LogP contribution in [0, 0.1) is 6.92 Å². The Morgan fingerprint density at radius 3 is 2.65 bits per heavy atom. The van der Waals surface area contributed by atoms with Crippen molar-refractivity contribution in [1.82, 2.24) is 14.8 Å². The van der Waals surface area contributed by atoms with E-state index in [9.17, 15) is 4.79 Å². The highest BCUT2D eigenvalue weighted by molar-refractivity contribution is 6.30. The molecule has 0 saturated heterocycles. The van der Waals surface area contributed by atoms with Gasteiger partial charge in [-0.05, 0) is 66.9 Å². The van der Waals surface area contributed by atoms with Crippen molar-refractivity contribution in [2.75, 3.05) is 17.7 Å². The summed E-state index contributed by atoms with van der Waals surface area (Å²) in [6.07, 6.45) is 1.46. The summed E-state index contributed by atoms with van der Waals surface area (Å²) in [6.45, 7) is 4.20. The van der Waals surface area contributed by atoms with E-state index in [1.807, 2.05) is 80.6 Å². The van der Waals surface area contributed by atoms with Crippen LogP contribution in [-0.2, 0) is 11.4 Å². The number of benzene rings is 3. The van der Waals surface area contributed by atoms with E-state index in [-0.39, 0.29) is 5.91 Å². The van der Waals surface area contributed by atoms with Crippen molar-refractivity contribution in [3.63, 3.8) is 0 Å². The maximum Gasteiger partial charge on any atom is 0.255 e. The zero-order chi connectivity index (χ0) is 25.9. The molecule has 0 bridgehead atoms.